The van der Waals surface area contributed by atoms with E-state index in [0.717, 1.165) is 11.3 Å². The van der Waals surface area contributed by atoms with Crippen molar-refractivity contribution in [2.24, 2.45) is 0 Å². The molecule has 0 saturated carbocycles. The second-order valence-electron chi connectivity index (χ2n) is 6.84. The van der Waals surface area contributed by atoms with Crippen molar-refractivity contribution in [3.63, 3.8) is 0 Å². The summed E-state index contributed by atoms with van der Waals surface area (Å²) in [4.78, 5) is 12.4. The quantitative estimate of drug-likeness (QED) is 0.683. The van der Waals surface area contributed by atoms with Crippen molar-refractivity contribution in [3.8, 4) is 11.5 Å². The number of ether oxygens (including phenoxy) is 3. The molecule has 1 aliphatic rings. The van der Waals surface area contributed by atoms with Crippen LogP contribution in [0.3, 0.4) is 0 Å². The lowest BCUT2D eigenvalue weighted by atomic mass is 10.1. The Hall–Kier alpha value is -2.62. The van der Waals surface area contributed by atoms with Crippen molar-refractivity contribution >= 4 is 15.9 Å². The van der Waals surface area contributed by atoms with Crippen LogP contribution in [0.4, 0.5) is 0 Å². The zero-order chi connectivity index (χ0) is 21.6. The van der Waals surface area contributed by atoms with Crippen molar-refractivity contribution < 1.29 is 27.4 Å². The smallest absolute Gasteiger partial charge is 0.258 e. The summed E-state index contributed by atoms with van der Waals surface area (Å²) in [7, 11) is -1.95. The molecule has 0 radical (unpaired) electrons. The predicted octanol–water partition coefficient (Wildman–Crippen LogP) is 1.97. The first-order chi connectivity index (χ1) is 14.4. The summed E-state index contributed by atoms with van der Waals surface area (Å²) in [6, 6.07) is 13.3. The number of morpholine rings is 1. The molecule has 0 bridgehead atoms. The van der Waals surface area contributed by atoms with Crippen LogP contribution in [-0.2, 0) is 19.6 Å². The van der Waals surface area contributed by atoms with E-state index in [-0.39, 0.29) is 23.5 Å². The van der Waals surface area contributed by atoms with Gasteiger partial charge in [0.05, 0.1) is 31.3 Å². The number of sulfonamides is 1. The zero-order valence-electron chi connectivity index (χ0n) is 17.0. The third kappa shape index (κ3) is 5.50. The first-order valence-electron chi connectivity index (χ1n) is 9.64. The van der Waals surface area contributed by atoms with E-state index in [2.05, 4.69) is 5.32 Å². The van der Waals surface area contributed by atoms with Gasteiger partial charge in [0, 0.05) is 13.1 Å². The minimum absolute atomic E-state index is 0.171. The highest BCUT2D eigenvalue weighted by Gasteiger charge is 2.26. The highest BCUT2D eigenvalue weighted by atomic mass is 32.2. The number of benzene rings is 2. The molecule has 9 heteroatoms. The van der Waals surface area contributed by atoms with Gasteiger partial charge in [-0.1, -0.05) is 12.1 Å². The number of methoxy groups -OCH3 is 1. The monoisotopic (exact) mass is 434 g/mol. The van der Waals surface area contributed by atoms with Gasteiger partial charge in [-0.3, -0.25) is 4.79 Å². The minimum Gasteiger partial charge on any atom is -0.497 e. The Morgan fingerprint density at radius 2 is 1.67 bits per heavy atom. The van der Waals surface area contributed by atoms with Crippen molar-refractivity contribution in [1.82, 2.24) is 9.62 Å². The first-order valence-corrected chi connectivity index (χ1v) is 11.1. The maximum absolute atomic E-state index is 12.6. The number of rotatable bonds is 8. The molecule has 0 unspecified atom stereocenters. The Kier molecular flexibility index (Phi) is 7.30. The molecule has 8 nitrogen and oxygen atoms in total. The summed E-state index contributed by atoms with van der Waals surface area (Å²) in [5.74, 6) is 0.895. The number of nitrogens with zero attached hydrogens (tertiary/aromatic N) is 1. The van der Waals surface area contributed by atoms with Crippen LogP contribution in [0.1, 0.15) is 18.5 Å². The van der Waals surface area contributed by atoms with Crippen LogP contribution in [0.2, 0.25) is 0 Å². The Morgan fingerprint density at radius 1 is 1.07 bits per heavy atom. The highest BCUT2D eigenvalue weighted by molar-refractivity contribution is 7.89. The number of nitrogens with one attached hydrogen (secondary N) is 1. The molecule has 0 spiro atoms. The molecule has 3 rings (SSSR count). The van der Waals surface area contributed by atoms with E-state index in [1.807, 2.05) is 31.2 Å². The highest BCUT2D eigenvalue weighted by Crippen LogP contribution is 2.21. The molecule has 2 aromatic rings. The van der Waals surface area contributed by atoms with Crippen LogP contribution < -0.4 is 14.8 Å². The fourth-order valence-corrected chi connectivity index (χ4v) is 4.46. The first kappa shape index (κ1) is 22.1. The molecule has 1 aliphatic heterocycles. The molecular formula is C21H26N2O6S. The summed E-state index contributed by atoms with van der Waals surface area (Å²) >= 11 is 0. The Balaban J connectivity index is 1.52. The second kappa shape index (κ2) is 9.92. The van der Waals surface area contributed by atoms with E-state index < -0.39 is 10.0 Å². The summed E-state index contributed by atoms with van der Waals surface area (Å²) in [6.45, 7) is 3.18. The topological polar surface area (TPSA) is 94.2 Å². The van der Waals surface area contributed by atoms with Gasteiger partial charge in [-0.05, 0) is 48.9 Å². The van der Waals surface area contributed by atoms with E-state index in [4.69, 9.17) is 14.2 Å². The summed E-state index contributed by atoms with van der Waals surface area (Å²) < 4.78 is 42.5. The summed E-state index contributed by atoms with van der Waals surface area (Å²) in [5.41, 5.74) is 0.946. The molecule has 2 aromatic carbocycles. The Labute approximate surface area is 176 Å². The van der Waals surface area contributed by atoms with Crippen LogP contribution in [0, 0.1) is 0 Å². The van der Waals surface area contributed by atoms with Crippen LogP contribution in [-0.4, -0.2) is 58.7 Å². The van der Waals surface area contributed by atoms with Crippen molar-refractivity contribution in [1.29, 1.82) is 0 Å². The number of hydrogen-bond acceptors (Lipinski definition) is 6. The zero-order valence-corrected chi connectivity index (χ0v) is 17.9. The standard InChI is InChI=1S/C21H26N2O6S/c1-16(17-3-5-18(27-2)6-4-17)22-21(24)15-29-19-7-9-20(10-8-19)30(25,26)23-11-13-28-14-12-23/h3-10,16H,11-15H2,1-2H3,(H,22,24)/t16-/m0/s1. The average Bonchev–Trinajstić information content (AvgIpc) is 2.78. The van der Waals surface area contributed by atoms with Gasteiger partial charge >= 0.3 is 0 Å². The Morgan fingerprint density at radius 3 is 2.27 bits per heavy atom. The second-order valence-corrected chi connectivity index (χ2v) is 8.78. The lowest BCUT2D eigenvalue weighted by Gasteiger charge is -2.26. The molecule has 1 atom stereocenters. The van der Waals surface area contributed by atoms with E-state index in [0.29, 0.717) is 32.1 Å². The average molecular weight is 435 g/mol. The van der Waals surface area contributed by atoms with Gasteiger partial charge in [-0.25, -0.2) is 8.42 Å². The molecule has 162 valence electrons. The van der Waals surface area contributed by atoms with Gasteiger partial charge in [-0.2, -0.15) is 4.31 Å². The van der Waals surface area contributed by atoms with Crippen LogP contribution in [0.5, 0.6) is 11.5 Å². The SMILES string of the molecule is COc1ccc([C@H](C)NC(=O)COc2ccc(S(=O)(=O)N3CCOCC3)cc2)cc1. The summed E-state index contributed by atoms with van der Waals surface area (Å²) in [5, 5.41) is 2.86. The van der Waals surface area contributed by atoms with Crippen molar-refractivity contribution in [3.05, 3.63) is 54.1 Å². The molecule has 30 heavy (non-hydrogen) atoms. The van der Waals surface area contributed by atoms with E-state index >= 15 is 0 Å². The van der Waals surface area contributed by atoms with Gasteiger partial charge in [0.15, 0.2) is 6.61 Å². The normalized spacial score (nSPS) is 15.9. The van der Waals surface area contributed by atoms with E-state index in [9.17, 15) is 13.2 Å². The van der Waals surface area contributed by atoms with E-state index in [1.54, 1.807) is 19.2 Å². The van der Waals surface area contributed by atoms with Crippen molar-refractivity contribution in [2.75, 3.05) is 40.0 Å². The molecule has 1 heterocycles. The third-order valence-electron chi connectivity index (χ3n) is 4.79. The molecular weight excluding hydrogens is 408 g/mol. The van der Waals surface area contributed by atoms with Gasteiger partial charge in [0.1, 0.15) is 11.5 Å². The minimum atomic E-state index is -3.55. The number of carbonyl (C=O) groups is 1. The third-order valence-corrected chi connectivity index (χ3v) is 6.71. The Bertz CT molecular complexity index is 938. The molecule has 1 N–H and O–H groups in total. The van der Waals surface area contributed by atoms with Crippen LogP contribution >= 0.6 is 0 Å². The van der Waals surface area contributed by atoms with Gasteiger partial charge in [0.25, 0.3) is 5.91 Å². The van der Waals surface area contributed by atoms with Crippen LogP contribution in [0.25, 0.3) is 0 Å². The predicted molar refractivity (Wildman–Crippen MR) is 111 cm³/mol. The van der Waals surface area contributed by atoms with Crippen molar-refractivity contribution in [2.45, 2.75) is 17.9 Å². The lowest BCUT2D eigenvalue weighted by Crippen LogP contribution is -2.40. The van der Waals surface area contributed by atoms with Gasteiger partial charge in [-0.15, -0.1) is 0 Å². The molecule has 1 amide bonds. The maximum atomic E-state index is 12.6. The lowest BCUT2D eigenvalue weighted by molar-refractivity contribution is -0.123. The number of amides is 1. The maximum Gasteiger partial charge on any atom is 0.258 e. The van der Waals surface area contributed by atoms with E-state index in [1.165, 1.54) is 16.4 Å². The van der Waals surface area contributed by atoms with Gasteiger partial charge < -0.3 is 19.5 Å². The molecule has 1 fully saturated rings. The van der Waals surface area contributed by atoms with Crippen LogP contribution in [0.15, 0.2) is 53.4 Å². The number of carbonyl (C=O) groups excluding carboxylic acids is 1. The number of hydrogen-bond donors (Lipinski definition) is 1. The molecule has 0 aromatic heterocycles. The molecule has 0 aliphatic carbocycles. The summed E-state index contributed by atoms with van der Waals surface area (Å²) in [6.07, 6.45) is 0. The fraction of sp³-hybridized carbons (Fsp3) is 0.381. The largest absolute Gasteiger partial charge is 0.497 e. The van der Waals surface area contributed by atoms with Gasteiger partial charge in [0.2, 0.25) is 10.0 Å². The molecule has 1 saturated heterocycles. The fourth-order valence-electron chi connectivity index (χ4n) is 3.05.